The molecule has 0 unspecified atom stereocenters. The lowest BCUT2D eigenvalue weighted by Crippen LogP contribution is -2.14. The number of anilines is 1. The molecule has 1 heterocycles. The van der Waals surface area contributed by atoms with Gasteiger partial charge in [0, 0.05) is 5.39 Å². The molecule has 0 bridgehead atoms. The average Bonchev–Trinajstić information content (AvgIpc) is 2.82. The topological polar surface area (TPSA) is 80.4 Å². The summed E-state index contributed by atoms with van der Waals surface area (Å²) in [5.74, 6) is -0.550. The quantitative estimate of drug-likeness (QED) is 0.826. The molecule has 2 aromatic rings. The van der Waals surface area contributed by atoms with Crippen LogP contribution < -0.4 is 5.32 Å². The predicted molar refractivity (Wildman–Crippen MR) is 75.1 cm³/mol. The van der Waals surface area contributed by atoms with Gasteiger partial charge in [0.2, 0.25) is 0 Å². The zero-order valence-electron chi connectivity index (χ0n) is 11.8. The van der Waals surface area contributed by atoms with E-state index in [1.807, 2.05) is 26.0 Å². The number of benzene rings is 1. The number of fused-ring (bicyclic) bond motifs is 1. The van der Waals surface area contributed by atoms with Crippen molar-refractivity contribution in [2.75, 3.05) is 19.5 Å². The van der Waals surface area contributed by atoms with Crippen LogP contribution in [0.1, 0.15) is 21.6 Å². The molecular weight excluding hydrogens is 260 g/mol. The number of hydrogen-bond donors (Lipinski definition) is 2. The van der Waals surface area contributed by atoms with E-state index in [4.69, 9.17) is 4.74 Å². The first-order chi connectivity index (χ1) is 9.49. The second kappa shape index (κ2) is 5.24. The Bertz CT molecular complexity index is 688. The first-order valence-corrected chi connectivity index (χ1v) is 6.04. The summed E-state index contributed by atoms with van der Waals surface area (Å²) in [7, 11) is 2.55. The Balaban J connectivity index is 2.74. The van der Waals surface area contributed by atoms with E-state index in [1.165, 1.54) is 14.2 Å². The molecule has 0 aliphatic carbocycles. The van der Waals surface area contributed by atoms with Gasteiger partial charge in [-0.1, -0.05) is 12.1 Å². The van der Waals surface area contributed by atoms with Gasteiger partial charge >= 0.3 is 12.1 Å². The van der Waals surface area contributed by atoms with Crippen molar-refractivity contribution in [1.82, 2.24) is 4.98 Å². The van der Waals surface area contributed by atoms with Crippen molar-refractivity contribution >= 4 is 28.7 Å². The zero-order chi connectivity index (χ0) is 14.9. The molecule has 0 saturated carbocycles. The highest BCUT2D eigenvalue weighted by Crippen LogP contribution is 2.33. The van der Waals surface area contributed by atoms with Crippen LogP contribution in [0.3, 0.4) is 0 Å². The summed E-state index contributed by atoms with van der Waals surface area (Å²) in [6.07, 6.45) is -0.642. The predicted octanol–water partition coefficient (Wildman–Crippen LogP) is 2.75. The lowest BCUT2D eigenvalue weighted by atomic mass is 10.1. The Hall–Kier alpha value is -2.50. The molecule has 0 aliphatic rings. The van der Waals surface area contributed by atoms with E-state index in [-0.39, 0.29) is 5.69 Å². The third-order valence-electron chi connectivity index (χ3n) is 3.17. The maximum Gasteiger partial charge on any atom is 0.411 e. The summed E-state index contributed by atoms with van der Waals surface area (Å²) in [6.45, 7) is 3.82. The summed E-state index contributed by atoms with van der Waals surface area (Å²) in [6, 6.07) is 3.87. The highest BCUT2D eigenvalue weighted by atomic mass is 16.5. The number of aryl methyl sites for hydroxylation is 2. The van der Waals surface area contributed by atoms with Crippen LogP contribution in [0, 0.1) is 13.8 Å². The molecule has 0 saturated heterocycles. The molecule has 1 aromatic carbocycles. The van der Waals surface area contributed by atoms with Gasteiger partial charge in [-0.3, -0.25) is 5.32 Å². The van der Waals surface area contributed by atoms with Crippen LogP contribution in [0.25, 0.3) is 10.9 Å². The molecule has 106 valence electrons. The number of methoxy groups -OCH3 is 2. The molecule has 2 N–H and O–H groups in total. The molecule has 0 aliphatic heterocycles. The summed E-state index contributed by atoms with van der Waals surface area (Å²) in [5.41, 5.74) is 3.26. The first kappa shape index (κ1) is 13.9. The number of amides is 1. The average molecular weight is 276 g/mol. The van der Waals surface area contributed by atoms with Crippen molar-refractivity contribution in [2.24, 2.45) is 0 Å². The summed E-state index contributed by atoms with van der Waals surface area (Å²) < 4.78 is 9.33. The standard InChI is InChI=1S/C14H16N2O4/c1-7-5-6-8(2)10-9(7)11(16-14(18)20-4)12(15-10)13(17)19-3/h5-6,15H,1-4H3,(H,16,18). The van der Waals surface area contributed by atoms with Gasteiger partial charge in [0.05, 0.1) is 25.4 Å². The highest BCUT2D eigenvalue weighted by molar-refractivity contribution is 6.11. The maximum absolute atomic E-state index is 11.9. The van der Waals surface area contributed by atoms with E-state index in [2.05, 4.69) is 15.0 Å². The minimum absolute atomic E-state index is 0.199. The number of aromatic amines is 1. The summed E-state index contributed by atoms with van der Waals surface area (Å²) >= 11 is 0. The second-order valence-electron chi connectivity index (χ2n) is 4.43. The Labute approximate surface area is 116 Å². The zero-order valence-corrected chi connectivity index (χ0v) is 11.8. The van der Waals surface area contributed by atoms with Crippen LogP contribution in [0.4, 0.5) is 10.5 Å². The van der Waals surface area contributed by atoms with Gasteiger partial charge in [0.1, 0.15) is 5.69 Å². The molecule has 0 fully saturated rings. The number of carbonyl (C=O) groups excluding carboxylic acids is 2. The Morgan fingerprint density at radius 2 is 1.75 bits per heavy atom. The molecule has 0 spiro atoms. The van der Waals surface area contributed by atoms with E-state index in [0.29, 0.717) is 5.69 Å². The molecule has 1 amide bonds. The van der Waals surface area contributed by atoms with Crippen LogP contribution in [-0.2, 0) is 9.47 Å². The lowest BCUT2D eigenvalue weighted by molar-refractivity contribution is 0.0596. The van der Waals surface area contributed by atoms with Gasteiger partial charge in [-0.2, -0.15) is 0 Å². The van der Waals surface area contributed by atoms with Crippen molar-refractivity contribution in [3.05, 3.63) is 29.0 Å². The van der Waals surface area contributed by atoms with Gasteiger partial charge in [-0.05, 0) is 25.0 Å². The number of carbonyl (C=O) groups is 2. The molecular formula is C14H16N2O4. The van der Waals surface area contributed by atoms with Crippen LogP contribution in [-0.4, -0.2) is 31.3 Å². The van der Waals surface area contributed by atoms with Gasteiger partial charge in [0.25, 0.3) is 0 Å². The fourth-order valence-electron chi connectivity index (χ4n) is 2.14. The van der Waals surface area contributed by atoms with Crippen LogP contribution in [0.15, 0.2) is 12.1 Å². The van der Waals surface area contributed by atoms with Crippen molar-refractivity contribution in [1.29, 1.82) is 0 Å². The van der Waals surface area contributed by atoms with Gasteiger partial charge < -0.3 is 14.5 Å². The fourth-order valence-corrected chi connectivity index (χ4v) is 2.14. The Morgan fingerprint density at radius 1 is 1.10 bits per heavy atom. The van der Waals surface area contributed by atoms with Crippen LogP contribution >= 0.6 is 0 Å². The van der Waals surface area contributed by atoms with E-state index in [0.717, 1.165) is 22.0 Å². The number of H-pyrrole nitrogens is 1. The molecule has 1 aromatic heterocycles. The van der Waals surface area contributed by atoms with E-state index in [1.54, 1.807) is 0 Å². The van der Waals surface area contributed by atoms with E-state index in [9.17, 15) is 9.59 Å². The second-order valence-corrected chi connectivity index (χ2v) is 4.43. The SMILES string of the molecule is COC(=O)Nc1c(C(=O)OC)[nH]c2c(C)ccc(C)c12. The third kappa shape index (κ3) is 2.20. The van der Waals surface area contributed by atoms with Gasteiger partial charge in [-0.25, -0.2) is 9.59 Å². The largest absolute Gasteiger partial charge is 0.464 e. The van der Waals surface area contributed by atoms with Crippen molar-refractivity contribution in [3.63, 3.8) is 0 Å². The lowest BCUT2D eigenvalue weighted by Gasteiger charge is -2.06. The van der Waals surface area contributed by atoms with Crippen LogP contribution in [0.2, 0.25) is 0 Å². The number of ether oxygens (including phenoxy) is 2. The van der Waals surface area contributed by atoms with Crippen LogP contribution in [0.5, 0.6) is 0 Å². The molecule has 0 atom stereocenters. The number of esters is 1. The normalized spacial score (nSPS) is 10.4. The molecule has 6 nitrogen and oxygen atoms in total. The maximum atomic E-state index is 11.9. The monoisotopic (exact) mass is 276 g/mol. The molecule has 0 radical (unpaired) electrons. The van der Waals surface area contributed by atoms with E-state index < -0.39 is 12.1 Å². The highest BCUT2D eigenvalue weighted by Gasteiger charge is 2.22. The number of hydrogen-bond acceptors (Lipinski definition) is 4. The smallest absolute Gasteiger partial charge is 0.411 e. The molecule has 20 heavy (non-hydrogen) atoms. The van der Waals surface area contributed by atoms with Crippen molar-refractivity contribution in [3.8, 4) is 0 Å². The van der Waals surface area contributed by atoms with Crippen molar-refractivity contribution < 1.29 is 19.1 Å². The summed E-state index contributed by atoms with van der Waals surface area (Å²) in [5, 5.41) is 3.35. The number of aromatic nitrogens is 1. The van der Waals surface area contributed by atoms with Crippen molar-refractivity contribution in [2.45, 2.75) is 13.8 Å². The summed E-state index contributed by atoms with van der Waals surface area (Å²) in [4.78, 5) is 26.3. The molecule has 2 rings (SSSR count). The molecule has 6 heteroatoms. The minimum Gasteiger partial charge on any atom is -0.464 e. The van der Waals surface area contributed by atoms with Gasteiger partial charge in [0.15, 0.2) is 0 Å². The number of rotatable bonds is 2. The van der Waals surface area contributed by atoms with Gasteiger partial charge in [-0.15, -0.1) is 0 Å². The third-order valence-corrected chi connectivity index (χ3v) is 3.17. The Morgan fingerprint density at radius 3 is 2.35 bits per heavy atom. The Kier molecular flexibility index (Phi) is 3.65. The van der Waals surface area contributed by atoms with E-state index >= 15 is 0 Å². The fraction of sp³-hybridized carbons (Fsp3) is 0.286. The minimum atomic E-state index is -0.642. The first-order valence-electron chi connectivity index (χ1n) is 6.04. The number of nitrogens with one attached hydrogen (secondary N) is 2.